The fraction of sp³-hybridized carbons (Fsp3) is 0.217. The van der Waals surface area contributed by atoms with E-state index in [1.54, 1.807) is 6.07 Å². The summed E-state index contributed by atoms with van der Waals surface area (Å²) in [4.78, 5) is 12.1. The van der Waals surface area contributed by atoms with Crippen LogP contribution in [0.5, 0.6) is 5.75 Å². The van der Waals surface area contributed by atoms with Crippen LogP contribution in [0.25, 0.3) is 11.3 Å². The smallest absolute Gasteiger partial charge is 0.277 e. The van der Waals surface area contributed by atoms with Crippen molar-refractivity contribution >= 4 is 28.1 Å². The molecule has 0 aliphatic carbocycles. The third-order valence-corrected chi connectivity index (χ3v) is 4.76. The van der Waals surface area contributed by atoms with Crippen LogP contribution in [0.15, 0.2) is 68.6 Å². The molecule has 5 nitrogen and oxygen atoms in total. The van der Waals surface area contributed by atoms with Gasteiger partial charge in [-0.1, -0.05) is 54.0 Å². The van der Waals surface area contributed by atoms with E-state index in [2.05, 4.69) is 40.3 Å². The number of hydrogen-bond donors (Lipinski definition) is 1. The molecule has 0 aliphatic rings. The molecule has 0 saturated carbocycles. The Morgan fingerprint density at radius 3 is 2.79 bits per heavy atom. The van der Waals surface area contributed by atoms with E-state index in [9.17, 15) is 4.79 Å². The molecule has 0 atom stereocenters. The normalized spacial score (nSPS) is 11.2. The maximum absolute atomic E-state index is 12.1. The highest BCUT2D eigenvalue weighted by Gasteiger charge is 2.10. The van der Waals surface area contributed by atoms with Crippen LogP contribution in [0.3, 0.4) is 0 Å². The number of hydrogen-bond acceptors (Lipinski definition) is 4. The Kier molecular flexibility index (Phi) is 6.88. The molecule has 0 bridgehead atoms. The Balaban J connectivity index is 1.55. The van der Waals surface area contributed by atoms with Crippen molar-refractivity contribution in [2.45, 2.75) is 26.7 Å². The van der Waals surface area contributed by atoms with Gasteiger partial charge in [0.25, 0.3) is 5.91 Å². The average Bonchev–Trinajstić information content (AvgIpc) is 3.15. The van der Waals surface area contributed by atoms with E-state index in [0.717, 1.165) is 32.7 Å². The summed E-state index contributed by atoms with van der Waals surface area (Å²) in [5.74, 6) is 1.97. The van der Waals surface area contributed by atoms with Gasteiger partial charge in [-0.2, -0.15) is 5.10 Å². The minimum Gasteiger partial charge on any atom is -0.483 e. The largest absolute Gasteiger partial charge is 0.483 e. The lowest BCUT2D eigenvalue weighted by molar-refractivity contribution is -0.123. The molecule has 0 radical (unpaired) electrons. The number of nitrogens with one attached hydrogen (secondary N) is 1. The van der Waals surface area contributed by atoms with Crippen LogP contribution in [0.2, 0.25) is 0 Å². The van der Waals surface area contributed by atoms with Gasteiger partial charge in [0, 0.05) is 10.0 Å². The van der Waals surface area contributed by atoms with Crippen molar-refractivity contribution < 1.29 is 13.9 Å². The second-order valence-corrected chi connectivity index (χ2v) is 7.91. The third kappa shape index (κ3) is 5.81. The summed E-state index contributed by atoms with van der Waals surface area (Å²) in [5.41, 5.74) is 5.57. The Morgan fingerprint density at radius 2 is 2.03 bits per heavy atom. The van der Waals surface area contributed by atoms with Crippen LogP contribution < -0.4 is 10.2 Å². The number of nitrogens with zero attached hydrogens (tertiary/aromatic N) is 1. The quantitative estimate of drug-likeness (QED) is 0.369. The summed E-state index contributed by atoms with van der Waals surface area (Å²) in [5, 5.41) is 3.95. The van der Waals surface area contributed by atoms with E-state index in [-0.39, 0.29) is 12.5 Å². The van der Waals surface area contributed by atoms with Crippen LogP contribution >= 0.6 is 15.9 Å². The fourth-order valence-electron chi connectivity index (χ4n) is 2.81. The molecule has 0 saturated heterocycles. The summed E-state index contributed by atoms with van der Waals surface area (Å²) >= 11 is 3.44. The number of rotatable bonds is 7. The second kappa shape index (κ2) is 9.56. The number of carbonyl (C=O) groups is 1. The maximum Gasteiger partial charge on any atom is 0.277 e. The monoisotopic (exact) mass is 454 g/mol. The molecule has 0 aliphatic heterocycles. The molecule has 2 aromatic carbocycles. The number of amides is 1. The van der Waals surface area contributed by atoms with Crippen LogP contribution in [-0.4, -0.2) is 18.7 Å². The minimum absolute atomic E-state index is 0.109. The first-order valence-electron chi connectivity index (χ1n) is 9.33. The van der Waals surface area contributed by atoms with Gasteiger partial charge in [0.1, 0.15) is 17.3 Å². The lowest BCUT2D eigenvalue weighted by Gasteiger charge is -2.14. The fourth-order valence-corrected chi connectivity index (χ4v) is 3.21. The van der Waals surface area contributed by atoms with Gasteiger partial charge in [0.2, 0.25) is 0 Å². The summed E-state index contributed by atoms with van der Waals surface area (Å²) in [6.07, 6.45) is 1.46. The maximum atomic E-state index is 12.1. The molecule has 0 fully saturated rings. The topological polar surface area (TPSA) is 63.8 Å². The second-order valence-electron chi connectivity index (χ2n) is 6.99. The highest BCUT2D eigenvalue weighted by atomic mass is 79.9. The molecule has 6 heteroatoms. The van der Waals surface area contributed by atoms with Crippen LogP contribution in [0.4, 0.5) is 0 Å². The van der Waals surface area contributed by atoms with Crippen molar-refractivity contribution in [2.24, 2.45) is 5.10 Å². The molecule has 1 aromatic heterocycles. The predicted molar refractivity (Wildman–Crippen MR) is 118 cm³/mol. The number of halogens is 1. The lowest BCUT2D eigenvalue weighted by atomic mass is 10.0. The molecule has 150 valence electrons. The minimum atomic E-state index is -0.337. The molecule has 0 unspecified atom stereocenters. The van der Waals surface area contributed by atoms with E-state index < -0.39 is 0 Å². The summed E-state index contributed by atoms with van der Waals surface area (Å²) in [6, 6.07) is 17.5. The highest BCUT2D eigenvalue weighted by Crippen LogP contribution is 2.27. The van der Waals surface area contributed by atoms with Crippen molar-refractivity contribution in [3.8, 4) is 17.1 Å². The Hall–Kier alpha value is -2.86. The van der Waals surface area contributed by atoms with Crippen LogP contribution in [0, 0.1) is 6.92 Å². The van der Waals surface area contributed by atoms with Crippen molar-refractivity contribution in [2.75, 3.05) is 6.61 Å². The van der Waals surface area contributed by atoms with Gasteiger partial charge >= 0.3 is 0 Å². The Labute approximate surface area is 178 Å². The molecule has 3 rings (SSSR count). The molecular formula is C23H23BrN2O3. The number of carbonyl (C=O) groups excluding carboxylic acids is 1. The number of aryl methyl sites for hydroxylation is 1. The molecule has 29 heavy (non-hydrogen) atoms. The first-order chi connectivity index (χ1) is 13.9. The molecule has 3 aromatic rings. The van der Waals surface area contributed by atoms with Gasteiger partial charge in [-0.3, -0.25) is 4.79 Å². The predicted octanol–water partition coefficient (Wildman–Crippen LogP) is 5.67. The SMILES string of the molecule is Cc1ccc(C(C)C)c(OCC(=O)N/N=C\c2ccc(-c3cccc(Br)c3)o2)c1. The number of furan rings is 1. The zero-order valence-electron chi connectivity index (χ0n) is 16.6. The Morgan fingerprint density at radius 1 is 1.21 bits per heavy atom. The summed E-state index contributed by atoms with van der Waals surface area (Å²) in [6.45, 7) is 6.07. The molecular weight excluding hydrogens is 432 g/mol. The average molecular weight is 455 g/mol. The lowest BCUT2D eigenvalue weighted by Crippen LogP contribution is -2.24. The van der Waals surface area contributed by atoms with Gasteiger partial charge in [0.05, 0.1) is 6.21 Å². The van der Waals surface area contributed by atoms with E-state index in [1.165, 1.54) is 6.21 Å². The van der Waals surface area contributed by atoms with Gasteiger partial charge in [-0.25, -0.2) is 5.43 Å². The Bertz CT molecular complexity index is 1020. The summed E-state index contributed by atoms with van der Waals surface area (Å²) < 4.78 is 12.4. The zero-order valence-corrected chi connectivity index (χ0v) is 18.2. The van der Waals surface area contributed by atoms with E-state index >= 15 is 0 Å². The standard InChI is InChI=1S/C23H23BrN2O3/c1-15(2)20-9-7-16(3)11-22(20)28-14-23(27)26-25-13-19-8-10-21(29-19)17-5-4-6-18(24)12-17/h4-13,15H,14H2,1-3H3,(H,26,27)/b25-13-. The molecule has 1 amide bonds. The first-order valence-corrected chi connectivity index (χ1v) is 10.1. The first kappa shape index (κ1) is 20.9. The van der Waals surface area contributed by atoms with E-state index in [1.807, 2.05) is 55.5 Å². The highest BCUT2D eigenvalue weighted by molar-refractivity contribution is 9.10. The molecule has 0 spiro atoms. The number of hydrazone groups is 1. The number of ether oxygens (including phenoxy) is 1. The van der Waals surface area contributed by atoms with Gasteiger partial charge < -0.3 is 9.15 Å². The van der Waals surface area contributed by atoms with Gasteiger partial charge in [-0.05, 0) is 54.3 Å². The summed E-state index contributed by atoms with van der Waals surface area (Å²) in [7, 11) is 0. The van der Waals surface area contributed by atoms with E-state index in [0.29, 0.717) is 11.7 Å². The van der Waals surface area contributed by atoms with E-state index in [4.69, 9.17) is 9.15 Å². The number of benzene rings is 2. The van der Waals surface area contributed by atoms with Gasteiger partial charge in [0.15, 0.2) is 6.61 Å². The van der Waals surface area contributed by atoms with Gasteiger partial charge in [-0.15, -0.1) is 0 Å². The van der Waals surface area contributed by atoms with Crippen LogP contribution in [0.1, 0.15) is 36.7 Å². The van der Waals surface area contributed by atoms with Crippen molar-refractivity contribution in [3.63, 3.8) is 0 Å². The van der Waals surface area contributed by atoms with Crippen molar-refractivity contribution in [3.05, 3.63) is 76.0 Å². The van der Waals surface area contributed by atoms with Crippen molar-refractivity contribution in [1.29, 1.82) is 0 Å². The molecule has 1 heterocycles. The van der Waals surface area contributed by atoms with Crippen molar-refractivity contribution in [1.82, 2.24) is 5.43 Å². The third-order valence-electron chi connectivity index (χ3n) is 4.27. The molecule has 1 N–H and O–H groups in total. The zero-order chi connectivity index (χ0) is 20.8. The van der Waals surface area contributed by atoms with Crippen LogP contribution in [-0.2, 0) is 4.79 Å².